The second-order valence-electron chi connectivity index (χ2n) is 1.99. The molecule has 0 saturated heterocycles. The first-order valence-corrected chi connectivity index (χ1v) is 5.30. The molecular weight excluding hydrogens is 180 g/mol. The van der Waals surface area contributed by atoms with Crippen LogP contribution in [-0.4, -0.2) is 22.9 Å². The normalized spacial score (nSPS) is 12.6. The maximum Gasteiger partial charge on any atom is 0.307 e. The highest BCUT2D eigenvalue weighted by molar-refractivity contribution is 7.99. The molecule has 11 heavy (non-hydrogen) atoms. The van der Waals surface area contributed by atoms with Crippen LogP contribution in [0.4, 0.5) is 0 Å². The average Bonchev–Trinajstić information content (AvgIpc) is 1.87. The van der Waals surface area contributed by atoms with Crippen LogP contribution < -0.4 is 0 Å². The van der Waals surface area contributed by atoms with Gasteiger partial charge in [-0.3, -0.25) is 4.79 Å². The Morgan fingerprint density at radius 1 is 1.73 bits per heavy atom. The summed E-state index contributed by atoms with van der Waals surface area (Å²) in [6.45, 7) is 3.91. The van der Waals surface area contributed by atoms with Gasteiger partial charge in [0.2, 0.25) is 0 Å². The zero-order chi connectivity index (χ0) is 8.69. The number of hydrogen-bond donors (Lipinski definition) is 1. The van der Waals surface area contributed by atoms with E-state index < -0.39 is 0 Å². The predicted molar refractivity (Wildman–Crippen MR) is 52.2 cm³/mol. The Hall–Kier alpha value is 0.170. The maximum absolute atomic E-state index is 10.8. The molecule has 2 nitrogen and oxygen atoms in total. The molecule has 0 aliphatic heterocycles. The summed E-state index contributed by atoms with van der Waals surface area (Å²) >= 11 is 5.54. The topological polar surface area (TPSA) is 26.3 Å². The number of thioether (sulfide) groups is 1. The third-order valence-electron chi connectivity index (χ3n) is 1.01. The van der Waals surface area contributed by atoms with E-state index in [1.54, 1.807) is 11.8 Å². The van der Waals surface area contributed by atoms with Crippen molar-refractivity contribution in [2.75, 3.05) is 11.5 Å². The summed E-state index contributed by atoms with van der Waals surface area (Å²) in [6.07, 6.45) is 0.401. The lowest BCUT2D eigenvalue weighted by Crippen LogP contribution is -2.12. The lowest BCUT2D eigenvalue weighted by molar-refractivity contribution is -0.143. The summed E-state index contributed by atoms with van der Waals surface area (Å²) in [5.41, 5.74) is -0.0209. The van der Waals surface area contributed by atoms with Crippen LogP contribution in [0.15, 0.2) is 0 Å². The summed E-state index contributed by atoms with van der Waals surface area (Å²) in [7, 11) is 0. The molecule has 0 aromatic carbocycles. The van der Waals surface area contributed by atoms with Crippen LogP contribution >= 0.6 is 24.4 Å². The van der Waals surface area contributed by atoms with Crippen LogP contribution in [-0.2, 0) is 9.53 Å². The maximum atomic E-state index is 10.8. The summed E-state index contributed by atoms with van der Waals surface area (Å²) in [4.78, 5) is 10.8. The Morgan fingerprint density at radius 3 is 2.82 bits per heavy atom. The molecule has 0 aliphatic carbocycles. The largest absolute Gasteiger partial charge is 0.452 e. The van der Waals surface area contributed by atoms with Crippen molar-refractivity contribution in [3.8, 4) is 0 Å². The Morgan fingerprint density at radius 2 is 2.36 bits per heavy atom. The first-order valence-electron chi connectivity index (χ1n) is 3.62. The molecule has 0 aromatic rings. The Balaban J connectivity index is 3.40. The van der Waals surface area contributed by atoms with Gasteiger partial charge in [0.05, 0.1) is 6.42 Å². The van der Waals surface area contributed by atoms with Gasteiger partial charge in [-0.15, -0.1) is 11.8 Å². The molecule has 0 saturated carbocycles. The molecule has 0 aliphatic rings. The molecule has 0 N–H and O–H groups in total. The van der Waals surface area contributed by atoms with Crippen LogP contribution in [0, 0.1) is 0 Å². The smallest absolute Gasteiger partial charge is 0.307 e. The van der Waals surface area contributed by atoms with Crippen molar-refractivity contribution >= 4 is 30.4 Å². The van der Waals surface area contributed by atoms with Gasteiger partial charge in [0.15, 0.2) is 0 Å². The lowest BCUT2D eigenvalue weighted by Gasteiger charge is -2.10. The van der Waals surface area contributed by atoms with E-state index in [-0.39, 0.29) is 11.4 Å². The van der Waals surface area contributed by atoms with Crippen LogP contribution in [0.3, 0.4) is 0 Å². The standard InChI is InChI=1S/C7H14O2S2/c1-3-11-6(2)9-7(8)4-5-10/h6,10H,3-5H2,1-2H3. The predicted octanol–water partition coefficient (Wildman–Crippen LogP) is 1.95. The second kappa shape index (κ2) is 6.85. The van der Waals surface area contributed by atoms with Crippen LogP contribution in [0.1, 0.15) is 20.3 Å². The van der Waals surface area contributed by atoms with Crippen molar-refractivity contribution in [3.63, 3.8) is 0 Å². The summed E-state index contributed by atoms with van der Waals surface area (Å²) in [5, 5.41) is 0. The van der Waals surface area contributed by atoms with Crippen LogP contribution in [0.5, 0.6) is 0 Å². The molecule has 0 fully saturated rings. The fraction of sp³-hybridized carbons (Fsp3) is 0.857. The quantitative estimate of drug-likeness (QED) is 0.411. The zero-order valence-corrected chi connectivity index (χ0v) is 8.58. The number of ether oxygens (including phenoxy) is 1. The summed E-state index contributed by atoms with van der Waals surface area (Å²) in [5.74, 6) is 1.37. The fourth-order valence-electron chi connectivity index (χ4n) is 0.604. The van der Waals surface area contributed by atoms with Gasteiger partial charge in [0.25, 0.3) is 0 Å². The molecule has 1 unspecified atom stereocenters. The van der Waals surface area contributed by atoms with Crippen molar-refractivity contribution in [1.82, 2.24) is 0 Å². The molecule has 0 aromatic heterocycles. The first kappa shape index (κ1) is 11.2. The zero-order valence-electron chi connectivity index (χ0n) is 6.87. The SMILES string of the molecule is CCSC(C)OC(=O)CCS. The minimum Gasteiger partial charge on any atom is -0.452 e. The van der Waals surface area contributed by atoms with Gasteiger partial charge in [0, 0.05) is 5.75 Å². The second-order valence-corrected chi connectivity index (χ2v) is 4.01. The van der Waals surface area contributed by atoms with Crippen molar-refractivity contribution in [1.29, 1.82) is 0 Å². The van der Waals surface area contributed by atoms with Gasteiger partial charge in [-0.2, -0.15) is 12.6 Å². The molecule has 0 amide bonds. The number of hydrogen-bond acceptors (Lipinski definition) is 4. The highest BCUT2D eigenvalue weighted by Gasteiger charge is 2.06. The van der Waals surface area contributed by atoms with E-state index in [4.69, 9.17) is 4.74 Å². The van der Waals surface area contributed by atoms with E-state index in [0.717, 1.165) is 5.75 Å². The number of esters is 1. The molecule has 0 bridgehead atoms. The molecule has 0 rings (SSSR count). The van der Waals surface area contributed by atoms with Gasteiger partial charge in [-0.25, -0.2) is 0 Å². The lowest BCUT2D eigenvalue weighted by atomic mass is 10.5. The van der Waals surface area contributed by atoms with Gasteiger partial charge in [-0.05, 0) is 12.7 Å². The monoisotopic (exact) mass is 194 g/mol. The van der Waals surface area contributed by atoms with E-state index in [0.29, 0.717) is 12.2 Å². The number of carbonyl (C=O) groups is 1. The van der Waals surface area contributed by atoms with Gasteiger partial charge in [0.1, 0.15) is 5.44 Å². The Bertz CT molecular complexity index is 117. The van der Waals surface area contributed by atoms with Crippen molar-refractivity contribution in [3.05, 3.63) is 0 Å². The minimum absolute atomic E-state index is 0.0209. The van der Waals surface area contributed by atoms with Crippen molar-refractivity contribution in [2.45, 2.75) is 25.7 Å². The van der Waals surface area contributed by atoms with Crippen molar-refractivity contribution < 1.29 is 9.53 Å². The van der Waals surface area contributed by atoms with E-state index >= 15 is 0 Å². The summed E-state index contributed by atoms with van der Waals surface area (Å²) < 4.78 is 5.01. The molecule has 0 heterocycles. The number of carbonyl (C=O) groups excluding carboxylic acids is 1. The third-order valence-corrected chi connectivity index (χ3v) is 2.14. The van der Waals surface area contributed by atoms with Gasteiger partial charge >= 0.3 is 5.97 Å². The van der Waals surface area contributed by atoms with E-state index in [2.05, 4.69) is 12.6 Å². The van der Waals surface area contributed by atoms with E-state index in [1.807, 2.05) is 13.8 Å². The van der Waals surface area contributed by atoms with Gasteiger partial charge in [-0.1, -0.05) is 6.92 Å². The first-order chi connectivity index (χ1) is 5.20. The highest BCUT2D eigenvalue weighted by Crippen LogP contribution is 2.11. The molecule has 1 atom stereocenters. The van der Waals surface area contributed by atoms with E-state index in [9.17, 15) is 4.79 Å². The third kappa shape index (κ3) is 6.56. The minimum atomic E-state index is -0.159. The van der Waals surface area contributed by atoms with Crippen LogP contribution in [0.25, 0.3) is 0 Å². The molecular formula is C7H14O2S2. The highest BCUT2D eigenvalue weighted by atomic mass is 32.2. The molecule has 4 heteroatoms. The number of thiol groups is 1. The Kier molecular flexibility index (Phi) is 6.96. The van der Waals surface area contributed by atoms with E-state index in [1.165, 1.54) is 0 Å². The van der Waals surface area contributed by atoms with Crippen molar-refractivity contribution in [2.24, 2.45) is 0 Å². The average molecular weight is 194 g/mol. The molecule has 66 valence electrons. The number of rotatable bonds is 5. The molecule has 0 radical (unpaired) electrons. The Labute approximate surface area is 77.5 Å². The van der Waals surface area contributed by atoms with Gasteiger partial charge < -0.3 is 4.74 Å². The summed E-state index contributed by atoms with van der Waals surface area (Å²) in [6, 6.07) is 0. The molecule has 0 spiro atoms. The fourth-order valence-corrected chi connectivity index (χ4v) is 1.43. The van der Waals surface area contributed by atoms with Crippen LogP contribution in [0.2, 0.25) is 0 Å².